The first-order valence-corrected chi connectivity index (χ1v) is 9.69. The van der Waals surface area contributed by atoms with E-state index in [4.69, 9.17) is 0 Å². The average Bonchev–Trinajstić information content (AvgIpc) is 2.61. The van der Waals surface area contributed by atoms with E-state index in [1.54, 1.807) is 0 Å². The fourth-order valence-electron chi connectivity index (χ4n) is 3.90. The van der Waals surface area contributed by atoms with Gasteiger partial charge < -0.3 is 5.11 Å². The number of halogens is 1. The standard InChI is InChI=1S/C20H31BFNO2/c1-2-3-12-20(21,19(24)25)13-6-15-23-14-5-4-7-18(23)16-8-10-17(22)11-9-16/h8-11,18H,2-7,12-15,21H2,1H3,(H,24,25). The largest absolute Gasteiger partial charge is 0.481 e. The molecule has 1 aliphatic heterocycles. The lowest BCUT2D eigenvalue weighted by Gasteiger charge is -2.37. The number of piperidine rings is 1. The van der Waals surface area contributed by atoms with Crippen LogP contribution in [-0.4, -0.2) is 36.9 Å². The summed E-state index contributed by atoms with van der Waals surface area (Å²) in [7, 11) is 1.89. The number of rotatable bonds is 9. The monoisotopic (exact) mass is 347 g/mol. The molecule has 1 aromatic carbocycles. The molecule has 1 saturated heterocycles. The van der Waals surface area contributed by atoms with Crippen molar-refractivity contribution in [1.82, 2.24) is 4.90 Å². The van der Waals surface area contributed by atoms with Crippen molar-refractivity contribution in [3.05, 3.63) is 35.6 Å². The molecule has 5 heteroatoms. The molecule has 1 aromatic rings. The Labute approximate surface area is 152 Å². The summed E-state index contributed by atoms with van der Waals surface area (Å²) < 4.78 is 13.2. The van der Waals surface area contributed by atoms with Crippen LogP contribution >= 0.6 is 0 Å². The quantitative estimate of drug-likeness (QED) is 0.681. The highest BCUT2D eigenvalue weighted by Gasteiger charge is 2.32. The molecule has 3 nitrogen and oxygen atoms in total. The summed E-state index contributed by atoms with van der Waals surface area (Å²) in [5, 5.41) is 8.99. The van der Waals surface area contributed by atoms with Crippen LogP contribution in [0.5, 0.6) is 0 Å². The van der Waals surface area contributed by atoms with Crippen molar-refractivity contribution in [1.29, 1.82) is 0 Å². The summed E-state index contributed by atoms with van der Waals surface area (Å²) >= 11 is 0. The van der Waals surface area contributed by atoms with Gasteiger partial charge in [-0.3, -0.25) is 9.69 Å². The molecule has 2 atom stereocenters. The number of aliphatic carboxylic acids is 1. The van der Waals surface area contributed by atoms with Crippen molar-refractivity contribution in [2.75, 3.05) is 13.1 Å². The van der Waals surface area contributed by atoms with Gasteiger partial charge in [-0.05, 0) is 62.9 Å². The Morgan fingerprint density at radius 3 is 2.60 bits per heavy atom. The lowest BCUT2D eigenvalue weighted by Crippen LogP contribution is -2.35. The van der Waals surface area contributed by atoms with Crippen molar-refractivity contribution in [3.63, 3.8) is 0 Å². The highest BCUT2D eigenvalue weighted by atomic mass is 19.1. The molecule has 1 heterocycles. The van der Waals surface area contributed by atoms with Crippen LogP contribution in [0.4, 0.5) is 4.39 Å². The van der Waals surface area contributed by atoms with Gasteiger partial charge >= 0.3 is 5.97 Å². The van der Waals surface area contributed by atoms with Crippen molar-refractivity contribution in [2.24, 2.45) is 0 Å². The molecule has 0 amide bonds. The fourth-order valence-corrected chi connectivity index (χ4v) is 3.90. The number of carboxylic acid groups (broad SMARTS) is 1. The Kier molecular flexibility index (Phi) is 7.48. The molecule has 2 unspecified atom stereocenters. The SMILES string of the molecule is BC(CCCC)(CCCN1CCCCC1c1ccc(F)cc1)C(=O)O. The third-order valence-electron chi connectivity index (χ3n) is 5.64. The predicted molar refractivity (Wildman–Crippen MR) is 102 cm³/mol. The van der Waals surface area contributed by atoms with E-state index in [1.807, 2.05) is 20.0 Å². The average molecular weight is 347 g/mol. The summed E-state index contributed by atoms with van der Waals surface area (Å²) in [4.78, 5) is 14.1. The van der Waals surface area contributed by atoms with Crippen LogP contribution in [0.1, 0.15) is 69.9 Å². The molecule has 0 aromatic heterocycles. The number of unbranched alkanes of at least 4 members (excludes halogenated alkanes) is 1. The smallest absolute Gasteiger partial charge is 0.301 e. The maximum absolute atomic E-state index is 13.2. The molecule has 0 spiro atoms. The summed E-state index contributed by atoms with van der Waals surface area (Å²) in [5.41, 5.74) is 1.17. The first-order valence-electron chi connectivity index (χ1n) is 9.69. The molecule has 0 radical (unpaired) electrons. The third kappa shape index (κ3) is 5.57. The molecular weight excluding hydrogens is 316 g/mol. The van der Waals surface area contributed by atoms with Gasteiger partial charge in [0.1, 0.15) is 13.7 Å². The van der Waals surface area contributed by atoms with Crippen LogP contribution in [0.25, 0.3) is 0 Å². The summed E-state index contributed by atoms with van der Waals surface area (Å²) in [6, 6.07) is 7.19. The highest BCUT2D eigenvalue weighted by molar-refractivity contribution is 6.26. The zero-order valence-corrected chi connectivity index (χ0v) is 15.6. The first kappa shape index (κ1) is 20.0. The molecule has 0 aliphatic carbocycles. The van der Waals surface area contributed by atoms with Crippen molar-refractivity contribution >= 4 is 13.8 Å². The molecular formula is C20H31BFNO2. The van der Waals surface area contributed by atoms with E-state index >= 15 is 0 Å². The second-order valence-electron chi connectivity index (χ2n) is 7.67. The van der Waals surface area contributed by atoms with Gasteiger partial charge in [0.05, 0.1) is 0 Å². The van der Waals surface area contributed by atoms with Gasteiger partial charge in [-0.25, -0.2) is 4.39 Å². The van der Waals surface area contributed by atoms with Gasteiger partial charge in [0.25, 0.3) is 0 Å². The zero-order chi connectivity index (χ0) is 18.3. The van der Waals surface area contributed by atoms with E-state index in [2.05, 4.69) is 11.8 Å². The van der Waals surface area contributed by atoms with Crippen LogP contribution in [0.3, 0.4) is 0 Å². The Morgan fingerprint density at radius 2 is 1.96 bits per heavy atom. The third-order valence-corrected chi connectivity index (χ3v) is 5.64. The van der Waals surface area contributed by atoms with E-state index in [-0.39, 0.29) is 5.82 Å². The van der Waals surface area contributed by atoms with Crippen LogP contribution in [-0.2, 0) is 4.79 Å². The summed E-state index contributed by atoms with van der Waals surface area (Å²) in [6.45, 7) is 4.06. The van der Waals surface area contributed by atoms with Crippen LogP contribution in [0, 0.1) is 5.82 Å². The number of hydrogen-bond donors (Lipinski definition) is 1. The maximum Gasteiger partial charge on any atom is 0.301 e. The van der Waals surface area contributed by atoms with Gasteiger partial charge in [0.2, 0.25) is 0 Å². The Bertz CT molecular complexity index is 551. The van der Waals surface area contributed by atoms with Gasteiger partial charge in [0.15, 0.2) is 0 Å². The Morgan fingerprint density at radius 1 is 1.28 bits per heavy atom. The minimum Gasteiger partial charge on any atom is -0.481 e. The lowest BCUT2D eigenvalue weighted by atomic mass is 9.63. The predicted octanol–water partition coefficient (Wildman–Crippen LogP) is 4.20. The molecule has 1 aliphatic rings. The Balaban J connectivity index is 1.94. The minimum absolute atomic E-state index is 0.195. The lowest BCUT2D eigenvalue weighted by molar-refractivity contribution is -0.141. The van der Waals surface area contributed by atoms with Gasteiger partial charge in [0, 0.05) is 11.4 Å². The van der Waals surface area contributed by atoms with Gasteiger partial charge in [-0.15, -0.1) is 0 Å². The number of nitrogens with zero attached hydrogens (tertiary/aromatic N) is 1. The molecule has 0 saturated carbocycles. The molecule has 1 N–H and O–H groups in total. The van der Waals surface area contributed by atoms with Gasteiger partial charge in [-0.2, -0.15) is 0 Å². The van der Waals surface area contributed by atoms with E-state index in [1.165, 1.54) is 30.5 Å². The number of benzene rings is 1. The summed E-state index contributed by atoms with van der Waals surface area (Å²) in [6.07, 6.45) is 7.83. The number of hydrogen-bond acceptors (Lipinski definition) is 2. The van der Waals surface area contributed by atoms with Gasteiger partial charge in [-0.1, -0.05) is 38.3 Å². The normalized spacial score (nSPS) is 21.0. The maximum atomic E-state index is 13.2. The molecule has 138 valence electrons. The minimum atomic E-state index is -0.672. The summed E-state index contributed by atoms with van der Waals surface area (Å²) in [5.74, 6) is -0.867. The van der Waals surface area contributed by atoms with E-state index in [0.717, 1.165) is 51.6 Å². The second kappa shape index (κ2) is 9.37. The van der Waals surface area contributed by atoms with Crippen molar-refractivity contribution < 1.29 is 14.3 Å². The zero-order valence-electron chi connectivity index (χ0n) is 15.6. The molecule has 25 heavy (non-hydrogen) atoms. The highest BCUT2D eigenvalue weighted by Crippen LogP contribution is 2.36. The van der Waals surface area contributed by atoms with Crippen LogP contribution in [0.15, 0.2) is 24.3 Å². The molecule has 0 bridgehead atoms. The van der Waals surface area contributed by atoms with E-state index < -0.39 is 11.3 Å². The molecule has 1 fully saturated rings. The topological polar surface area (TPSA) is 40.5 Å². The fraction of sp³-hybridized carbons (Fsp3) is 0.650. The molecule has 2 rings (SSSR count). The van der Waals surface area contributed by atoms with Crippen molar-refractivity contribution in [2.45, 2.75) is 69.6 Å². The number of carboxylic acids is 1. The number of carbonyl (C=O) groups is 1. The van der Waals surface area contributed by atoms with Crippen LogP contribution in [0.2, 0.25) is 5.31 Å². The van der Waals surface area contributed by atoms with E-state index in [0.29, 0.717) is 6.04 Å². The van der Waals surface area contributed by atoms with Crippen molar-refractivity contribution in [3.8, 4) is 0 Å². The second-order valence-corrected chi connectivity index (χ2v) is 7.67. The van der Waals surface area contributed by atoms with E-state index in [9.17, 15) is 14.3 Å². The van der Waals surface area contributed by atoms with Crippen LogP contribution < -0.4 is 0 Å². The Hall–Kier alpha value is -1.36. The first-order chi connectivity index (χ1) is 12.0. The number of likely N-dealkylation sites (tertiary alicyclic amines) is 1.